The van der Waals surface area contributed by atoms with Gasteiger partial charge in [0.25, 0.3) is 0 Å². The minimum Gasteiger partial charge on any atom is -0.357 e. The second-order valence-electron chi connectivity index (χ2n) is 3.15. The van der Waals surface area contributed by atoms with Gasteiger partial charge in [-0.3, -0.25) is 9.59 Å². The number of hydrogen-bond donors (Lipinski definition) is 5. The highest BCUT2D eigenvalue weighted by Crippen LogP contribution is 1.93. The summed E-state index contributed by atoms with van der Waals surface area (Å²) in [6.45, 7) is 2.57. The van der Waals surface area contributed by atoms with Crippen LogP contribution in [0.1, 0.15) is 6.92 Å². The van der Waals surface area contributed by atoms with E-state index in [1.807, 2.05) is 6.92 Å². The number of carbonyl (C=O) groups excluding carboxylic acids is 2. The van der Waals surface area contributed by atoms with Gasteiger partial charge < -0.3 is 16.0 Å². The number of hydrogen-bond acceptors (Lipinski definition) is 5. The third-order valence-electron chi connectivity index (χ3n) is 2.01. The summed E-state index contributed by atoms with van der Waals surface area (Å²) in [4.78, 5) is 23.1. The highest BCUT2D eigenvalue weighted by atomic mass is 32.1. The summed E-state index contributed by atoms with van der Waals surface area (Å²) in [6.07, 6.45) is 0. The molecular formula is C9H19N3O2S2. The molecule has 5 nitrogen and oxygen atoms in total. The lowest BCUT2D eigenvalue weighted by Crippen LogP contribution is -2.53. The lowest BCUT2D eigenvalue weighted by atomic mass is 10.2. The van der Waals surface area contributed by atoms with E-state index in [4.69, 9.17) is 0 Å². The van der Waals surface area contributed by atoms with Crippen LogP contribution in [0.4, 0.5) is 0 Å². The van der Waals surface area contributed by atoms with Crippen molar-refractivity contribution in [2.24, 2.45) is 0 Å². The van der Waals surface area contributed by atoms with Crippen LogP contribution in [-0.2, 0) is 9.59 Å². The van der Waals surface area contributed by atoms with Gasteiger partial charge >= 0.3 is 0 Å². The Bertz CT molecular complexity index is 239. The molecular weight excluding hydrogens is 246 g/mol. The smallest absolute Gasteiger partial charge is 0.243 e. The molecule has 94 valence electrons. The van der Waals surface area contributed by atoms with Crippen molar-refractivity contribution >= 4 is 37.1 Å². The van der Waals surface area contributed by atoms with Crippen LogP contribution in [0.15, 0.2) is 0 Å². The average Bonchev–Trinajstić information content (AvgIpc) is 2.31. The van der Waals surface area contributed by atoms with Gasteiger partial charge in [-0.1, -0.05) is 6.92 Å². The summed E-state index contributed by atoms with van der Waals surface area (Å²) in [6, 6.07) is -0.998. The lowest BCUT2D eigenvalue weighted by molar-refractivity contribution is -0.128. The standard InChI is InChI=1S/C9H19N3O2S2/c1-3-11-6(4-15)9(14)12-7(5-16)8(13)10-2/h6-7,11,15-16H,3-5H2,1-2H3,(H,10,13)(H,12,14)/t6-,7-/m0/s1. The molecule has 0 radical (unpaired) electrons. The maximum atomic E-state index is 11.7. The van der Waals surface area contributed by atoms with Gasteiger partial charge in [0.2, 0.25) is 11.8 Å². The zero-order chi connectivity index (χ0) is 12.6. The Morgan fingerprint density at radius 3 is 2.06 bits per heavy atom. The maximum Gasteiger partial charge on any atom is 0.243 e. The molecule has 7 heteroatoms. The fraction of sp³-hybridized carbons (Fsp3) is 0.778. The summed E-state index contributed by atoms with van der Waals surface area (Å²) in [5.74, 6) is 0.154. The van der Waals surface area contributed by atoms with Crippen LogP contribution in [0.2, 0.25) is 0 Å². The van der Waals surface area contributed by atoms with E-state index in [1.165, 1.54) is 7.05 Å². The monoisotopic (exact) mass is 265 g/mol. The van der Waals surface area contributed by atoms with Crippen LogP contribution in [0, 0.1) is 0 Å². The minimum atomic E-state index is -0.609. The van der Waals surface area contributed by atoms with E-state index >= 15 is 0 Å². The molecule has 0 aromatic carbocycles. The fourth-order valence-corrected chi connectivity index (χ4v) is 1.68. The molecule has 2 amide bonds. The van der Waals surface area contributed by atoms with Crippen LogP contribution in [0.5, 0.6) is 0 Å². The van der Waals surface area contributed by atoms with Crippen LogP contribution < -0.4 is 16.0 Å². The Morgan fingerprint density at radius 2 is 1.69 bits per heavy atom. The molecule has 0 aliphatic heterocycles. The van der Waals surface area contributed by atoms with Gasteiger partial charge in [-0.2, -0.15) is 25.3 Å². The van der Waals surface area contributed by atoms with Gasteiger partial charge in [0.05, 0.1) is 6.04 Å². The third-order valence-corrected chi connectivity index (χ3v) is 2.74. The van der Waals surface area contributed by atoms with Crippen molar-refractivity contribution in [3.05, 3.63) is 0 Å². The summed E-state index contributed by atoms with van der Waals surface area (Å²) < 4.78 is 0. The number of carbonyl (C=O) groups is 2. The van der Waals surface area contributed by atoms with E-state index in [-0.39, 0.29) is 23.6 Å². The Hall–Kier alpha value is -0.400. The summed E-state index contributed by atoms with van der Waals surface area (Å²) in [5.41, 5.74) is 0. The zero-order valence-corrected chi connectivity index (χ0v) is 11.3. The van der Waals surface area contributed by atoms with Crippen LogP contribution >= 0.6 is 25.3 Å². The van der Waals surface area contributed by atoms with Gasteiger partial charge in [-0.15, -0.1) is 0 Å². The second kappa shape index (κ2) is 8.72. The first-order chi connectivity index (χ1) is 7.60. The average molecular weight is 265 g/mol. The molecule has 0 aliphatic rings. The Labute approximate surface area is 107 Å². The molecule has 3 N–H and O–H groups in total. The molecule has 0 aliphatic carbocycles. The van der Waals surface area contributed by atoms with E-state index in [2.05, 4.69) is 41.2 Å². The van der Waals surface area contributed by atoms with E-state index in [0.717, 1.165) is 0 Å². The second-order valence-corrected chi connectivity index (χ2v) is 3.88. The van der Waals surface area contributed by atoms with E-state index in [0.29, 0.717) is 12.3 Å². The number of thiol groups is 2. The SMILES string of the molecule is CCN[C@@H](CS)C(=O)N[C@@H](CS)C(=O)NC. The molecule has 2 atom stereocenters. The molecule has 0 unspecified atom stereocenters. The predicted octanol–water partition coefficient (Wildman–Crippen LogP) is -0.945. The molecule has 0 aromatic heterocycles. The normalized spacial score (nSPS) is 14.0. The molecule has 0 saturated carbocycles. The van der Waals surface area contributed by atoms with Gasteiger partial charge in [0.1, 0.15) is 6.04 Å². The van der Waals surface area contributed by atoms with Gasteiger partial charge in [-0.25, -0.2) is 0 Å². The van der Waals surface area contributed by atoms with Gasteiger partial charge in [0, 0.05) is 18.6 Å². The van der Waals surface area contributed by atoms with Crippen molar-refractivity contribution in [1.82, 2.24) is 16.0 Å². The molecule has 0 heterocycles. The first-order valence-electron chi connectivity index (χ1n) is 5.07. The topological polar surface area (TPSA) is 70.2 Å². The summed E-state index contributed by atoms with van der Waals surface area (Å²) >= 11 is 8.09. The Morgan fingerprint density at radius 1 is 1.12 bits per heavy atom. The van der Waals surface area contributed by atoms with Crippen LogP contribution in [-0.4, -0.2) is 49.0 Å². The van der Waals surface area contributed by atoms with E-state index in [1.54, 1.807) is 0 Å². The van der Waals surface area contributed by atoms with Crippen molar-refractivity contribution in [1.29, 1.82) is 0 Å². The first-order valence-corrected chi connectivity index (χ1v) is 6.34. The number of nitrogens with one attached hydrogen (secondary N) is 3. The third kappa shape index (κ3) is 5.09. The highest BCUT2D eigenvalue weighted by Gasteiger charge is 2.22. The van der Waals surface area contributed by atoms with Crippen molar-refractivity contribution in [2.45, 2.75) is 19.0 Å². The van der Waals surface area contributed by atoms with E-state index < -0.39 is 6.04 Å². The van der Waals surface area contributed by atoms with Crippen LogP contribution in [0.25, 0.3) is 0 Å². The summed E-state index contributed by atoms with van der Waals surface area (Å²) in [7, 11) is 1.52. The zero-order valence-electron chi connectivity index (χ0n) is 9.49. The quantitative estimate of drug-likeness (QED) is 0.386. The predicted molar refractivity (Wildman–Crippen MR) is 71.2 cm³/mol. The van der Waals surface area contributed by atoms with Crippen LogP contribution in [0.3, 0.4) is 0 Å². The molecule has 0 bridgehead atoms. The Balaban J connectivity index is 4.32. The highest BCUT2D eigenvalue weighted by molar-refractivity contribution is 7.80. The molecule has 16 heavy (non-hydrogen) atoms. The van der Waals surface area contributed by atoms with Crippen molar-refractivity contribution in [2.75, 3.05) is 25.1 Å². The largest absolute Gasteiger partial charge is 0.357 e. The molecule has 0 rings (SSSR count). The summed E-state index contributed by atoms with van der Waals surface area (Å²) in [5, 5.41) is 8.06. The minimum absolute atomic E-state index is 0.237. The van der Waals surface area contributed by atoms with Gasteiger partial charge in [-0.05, 0) is 6.54 Å². The van der Waals surface area contributed by atoms with Crippen molar-refractivity contribution < 1.29 is 9.59 Å². The van der Waals surface area contributed by atoms with Crippen molar-refractivity contribution in [3.8, 4) is 0 Å². The van der Waals surface area contributed by atoms with E-state index in [9.17, 15) is 9.59 Å². The van der Waals surface area contributed by atoms with Crippen molar-refractivity contribution in [3.63, 3.8) is 0 Å². The molecule has 0 spiro atoms. The van der Waals surface area contributed by atoms with Gasteiger partial charge in [0.15, 0.2) is 0 Å². The fourth-order valence-electron chi connectivity index (χ4n) is 1.13. The Kier molecular flexibility index (Phi) is 8.50. The lowest BCUT2D eigenvalue weighted by Gasteiger charge is -2.19. The first kappa shape index (κ1) is 15.6. The molecule has 0 saturated heterocycles. The maximum absolute atomic E-state index is 11.7. The number of likely N-dealkylation sites (N-methyl/N-ethyl adjacent to an activating group) is 2. The molecule has 0 fully saturated rings. The molecule has 0 aromatic rings. The number of amides is 2. The number of rotatable bonds is 7.